The molecule has 0 spiro atoms. The number of hydrogen-bond acceptors (Lipinski definition) is 4. The normalized spacial score (nSPS) is 12.5. The van der Waals surface area contributed by atoms with E-state index in [0.717, 1.165) is 61.6 Å². The third-order valence-corrected chi connectivity index (χ3v) is 8.76. The molecule has 9 heteroatoms. The Balaban J connectivity index is 1.31. The quantitative estimate of drug-likeness (QED) is 0.139. The van der Waals surface area contributed by atoms with E-state index in [1.54, 1.807) is 0 Å². The Hall–Kier alpha value is -4.16. The molecule has 0 saturated carbocycles. The summed E-state index contributed by atoms with van der Waals surface area (Å²) >= 11 is 2.36. The van der Waals surface area contributed by atoms with Crippen LogP contribution < -0.4 is 9.55 Å². The number of imidazole rings is 1. The topological polar surface area (TPSA) is 53.0 Å². The summed E-state index contributed by atoms with van der Waals surface area (Å²) in [4.78, 5) is 7.00. The van der Waals surface area contributed by atoms with Gasteiger partial charge in [-0.05, 0) is 18.6 Å². The zero-order chi connectivity index (χ0) is 28.1. The van der Waals surface area contributed by atoms with Crippen LogP contribution in [-0.2, 0) is 26.4 Å². The Labute approximate surface area is 250 Å². The monoisotopic (exact) mass is 717 g/mol. The molecule has 0 bridgehead atoms. The summed E-state index contributed by atoms with van der Waals surface area (Å²) in [6.07, 6.45) is 5.65. The third-order valence-electron chi connectivity index (χ3n) is 7.48. The average molecular weight is 717 g/mol. The van der Waals surface area contributed by atoms with Crippen LogP contribution in [0.5, 0.6) is 11.5 Å². The Morgan fingerprint density at radius 1 is 0.927 bits per heavy atom. The van der Waals surface area contributed by atoms with Crippen LogP contribution in [-0.4, -0.2) is 30.8 Å². The van der Waals surface area contributed by atoms with Crippen molar-refractivity contribution in [1.29, 1.82) is 0 Å². The van der Waals surface area contributed by atoms with Crippen LogP contribution in [0, 0.1) is 22.9 Å². The van der Waals surface area contributed by atoms with Gasteiger partial charge in [0.25, 0.3) is 0 Å². The summed E-state index contributed by atoms with van der Waals surface area (Å²) in [6.45, 7) is 4.27. The van der Waals surface area contributed by atoms with Crippen molar-refractivity contribution < 1.29 is 24.1 Å². The van der Waals surface area contributed by atoms with Gasteiger partial charge in [0.2, 0.25) is 0 Å². The van der Waals surface area contributed by atoms with E-state index < -0.39 is 0 Å². The first kappa shape index (κ1) is 25.8. The van der Waals surface area contributed by atoms with Crippen LogP contribution in [0.4, 0.5) is 11.5 Å². The number of para-hydroxylation sites is 2. The van der Waals surface area contributed by atoms with E-state index in [9.17, 15) is 0 Å². The Morgan fingerprint density at radius 3 is 2.59 bits per heavy atom. The van der Waals surface area contributed by atoms with Gasteiger partial charge in [-0.15, -0.1) is 0 Å². The van der Waals surface area contributed by atoms with Gasteiger partial charge < -0.3 is 0 Å². The van der Waals surface area contributed by atoms with Gasteiger partial charge >= 0.3 is 202 Å². The molecule has 3 aromatic carbocycles. The molecule has 0 aliphatic carbocycles. The molecule has 7 nitrogen and oxygen atoms in total. The van der Waals surface area contributed by atoms with Crippen molar-refractivity contribution in [3.63, 3.8) is 0 Å². The Bertz CT molecular complexity index is 1980. The Morgan fingerprint density at radius 2 is 1.76 bits per heavy atom. The predicted octanol–water partition coefficient (Wildman–Crippen LogP) is 6.91. The van der Waals surface area contributed by atoms with Crippen molar-refractivity contribution in [3.05, 3.63) is 107 Å². The molecule has 1 aliphatic rings. The molecule has 0 fully saturated rings. The second-order valence-corrected chi connectivity index (χ2v) is 11.2. The molecule has 6 aromatic rings. The molecule has 0 N–H and O–H groups in total. The molecule has 1 aliphatic heterocycles. The smallest absolute Gasteiger partial charge is 0.193 e. The molecular formula is C32H27BN6OPt-2. The molecular weight excluding hydrogens is 690 g/mol. The van der Waals surface area contributed by atoms with Crippen molar-refractivity contribution in [2.24, 2.45) is 7.05 Å². The number of rotatable bonds is 6. The minimum atomic E-state index is -0.0157. The Kier molecular flexibility index (Phi) is 6.51. The van der Waals surface area contributed by atoms with Crippen LogP contribution in [0.1, 0.15) is 18.9 Å². The van der Waals surface area contributed by atoms with Crippen molar-refractivity contribution in [2.45, 2.75) is 26.6 Å². The number of ether oxygens (including phenoxy) is 1. The summed E-state index contributed by atoms with van der Waals surface area (Å²) in [5, 5.41) is 4.71. The fourth-order valence-electron chi connectivity index (χ4n) is 5.61. The van der Waals surface area contributed by atoms with Gasteiger partial charge in [-0.3, -0.25) is 0 Å². The van der Waals surface area contributed by atoms with Crippen molar-refractivity contribution >= 4 is 29.5 Å². The molecule has 4 heterocycles. The second kappa shape index (κ2) is 10.3. The van der Waals surface area contributed by atoms with Crippen molar-refractivity contribution in [1.82, 2.24) is 23.8 Å². The standard InChI is InChI=1S/C32H27BN6O.Pt/c1-4-16-33-38(32-19-23(2)14-17-34-32)31-21-26(12-13-27(31)28-15-18-35-39(28)33)40-25-9-7-8-24(20-25)37-22-36(3)29-10-5-6-11-30(29)37;/h5-15,17-19H,4,16H2,1-3H3;/q-2;. The van der Waals surface area contributed by atoms with Crippen molar-refractivity contribution in [2.75, 3.05) is 4.81 Å². The SMILES string of the molecule is CCCB1N(c2cc(C)ccn2)c2[c-]c(Oc3[c-]c(-n4[c](=[Pt])n(C)c5ccccc54)ccc3)ccc2-c2ccnn21. The molecule has 206 valence electrons. The minimum absolute atomic E-state index is 0.0157. The number of aryl methyl sites for hydroxylation is 2. The zero-order valence-corrected chi connectivity index (χ0v) is 25.3. The number of fused-ring (bicyclic) bond motifs is 4. The molecule has 0 radical (unpaired) electrons. The fraction of sp³-hybridized carbons (Fsp3) is 0.156. The fourth-order valence-corrected chi connectivity index (χ4v) is 6.43. The van der Waals surface area contributed by atoms with E-state index in [1.807, 2.05) is 36.7 Å². The summed E-state index contributed by atoms with van der Waals surface area (Å²) in [5.41, 5.74) is 7.39. The maximum atomic E-state index is 6.43. The van der Waals surface area contributed by atoms with Gasteiger partial charge in [0.1, 0.15) is 0 Å². The maximum absolute atomic E-state index is 6.43. The molecule has 0 amide bonds. The van der Waals surface area contributed by atoms with Crippen molar-refractivity contribution in [3.8, 4) is 28.4 Å². The van der Waals surface area contributed by atoms with E-state index in [1.165, 1.54) is 0 Å². The summed E-state index contributed by atoms with van der Waals surface area (Å²) in [6, 6.07) is 31.7. The van der Waals surface area contributed by atoms with Crippen LogP contribution in [0.15, 0.2) is 85.2 Å². The molecule has 0 unspecified atom stereocenters. The first-order chi connectivity index (χ1) is 20.0. The van der Waals surface area contributed by atoms with Gasteiger partial charge in [0, 0.05) is 12.4 Å². The van der Waals surface area contributed by atoms with Crippen LogP contribution in [0.3, 0.4) is 0 Å². The summed E-state index contributed by atoms with van der Waals surface area (Å²) < 4.78 is 14.0. The second-order valence-electron chi connectivity index (χ2n) is 10.2. The van der Waals surface area contributed by atoms with Gasteiger partial charge in [0.15, 0.2) is 0 Å². The predicted molar refractivity (Wildman–Crippen MR) is 158 cm³/mol. The van der Waals surface area contributed by atoms with E-state index >= 15 is 0 Å². The van der Waals surface area contributed by atoms with Crippen LogP contribution in [0.2, 0.25) is 6.32 Å². The van der Waals surface area contributed by atoms with Gasteiger partial charge in [-0.1, -0.05) is 13.3 Å². The number of benzene rings is 3. The van der Waals surface area contributed by atoms with E-state index in [4.69, 9.17) is 14.8 Å². The number of aromatic nitrogens is 5. The molecule has 3 aromatic heterocycles. The average Bonchev–Trinajstić information content (AvgIpc) is 3.57. The van der Waals surface area contributed by atoms with Gasteiger partial charge in [-0.2, -0.15) is 5.10 Å². The van der Waals surface area contributed by atoms with E-state index in [2.05, 4.69) is 119 Å². The number of hydrogen-bond donors (Lipinski definition) is 0. The molecule has 41 heavy (non-hydrogen) atoms. The number of pyridine rings is 1. The van der Waals surface area contributed by atoms with Gasteiger partial charge in [-0.25, -0.2) is 0 Å². The van der Waals surface area contributed by atoms with Crippen LogP contribution in [0.25, 0.3) is 28.0 Å². The molecule has 0 atom stereocenters. The first-order valence-corrected chi connectivity index (χ1v) is 14.8. The first-order valence-electron chi connectivity index (χ1n) is 13.7. The summed E-state index contributed by atoms with van der Waals surface area (Å²) in [5.74, 6) is 2.12. The molecule has 0 saturated heterocycles. The van der Waals surface area contributed by atoms with Crippen LogP contribution >= 0.6 is 0 Å². The number of anilines is 2. The van der Waals surface area contributed by atoms with E-state index in [-0.39, 0.29) is 6.98 Å². The minimum Gasteiger partial charge on any atom is -0.193 e. The third kappa shape index (κ3) is 4.38. The van der Waals surface area contributed by atoms with Gasteiger partial charge in [0.05, 0.1) is 0 Å². The van der Waals surface area contributed by atoms with E-state index in [0.29, 0.717) is 11.5 Å². The molecule has 7 rings (SSSR count). The number of nitrogens with zero attached hydrogens (tertiary/aromatic N) is 6. The summed E-state index contributed by atoms with van der Waals surface area (Å²) in [7, 11) is 2.08. The zero-order valence-electron chi connectivity index (χ0n) is 23.0.